The van der Waals surface area contributed by atoms with Crippen LogP contribution in [0.2, 0.25) is 0 Å². The second-order valence-corrected chi connectivity index (χ2v) is 18.1. The fraction of sp³-hybridized carbons (Fsp3) is 0.524. The molecule has 1 radical (unpaired) electrons. The van der Waals surface area contributed by atoms with Gasteiger partial charge in [-0.1, -0.05) is 331 Å². The van der Waals surface area contributed by atoms with Crippen LogP contribution in [-0.4, -0.2) is 51.1 Å². The van der Waals surface area contributed by atoms with Gasteiger partial charge in [0.2, 0.25) is 0 Å². The van der Waals surface area contributed by atoms with Crippen LogP contribution >= 0.6 is 0 Å². The maximum Gasteiger partial charge on any atom is 0.0456 e. The zero-order chi connectivity index (χ0) is 67.8. The largest absolute Gasteiger partial charge is 0.361 e. The van der Waals surface area contributed by atoms with E-state index in [0.29, 0.717) is 12.1 Å². The molecule has 0 amide bonds. The van der Waals surface area contributed by atoms with Gasteiger partial charge < -0.3 is 33.9 Å². The molecule has 0 saturated heterocycles. The van der Waals surface area contributed by atoms with Crippen LogP contribution in [0, 0.1) is 37.0 Å². The van der Waals surface area contributed by atoms with Crippen LogP contribution in [-0.2, 0) is 39.1 Å². The van der Waals surface area contributed by atoms with E-state index in [-0.39, 0.29) is 62.4 Å². The van der Waals surface area contributed by atoms with E-state index >= 15 is 0 Å². The van der Waals surface area contributed by atoms with Crippen LogP contribution in [0.5, 0.6) is 0 Å². The summed E-state index contributed by atoms with van der Waals surface area (Å²) in [7, 11) is 3.90. The van der Waals surface area contributed by atoms with Crippen LogP contribution in [0.25, 0.3) is 21.8 Å². The van der Waals surface area contributed by atoms with Gasteiger partial charge in [-0.3, -0.25) is 15.0 Å². The Balaban J connectivity index is -0.0000000527. The zero-order valence-corrected chi connectivity index (χ0v) is 64.6. The number of benzene rings is 4. The summed E-state index contributed by atoms with van der Waals surface area (Å²) < 4.78 is 0. The summed E-state index contributed by atoms with van der Waals surface area (Å²) in [6.45, 7) is 61.6. The van der Waals surface area contributed by atoms with Crippen molar-refractivity contribution in [2.45, 2.75) is 255 Å². The number of aromatic amines is 2. The molecule has 7 nitrogen and oxygen atoms in total. The molecular formula is C82H157N7Y-2. The van der Waals surface area contributed by atoms with Gasteiger partial charge in [-0.15, -0.1) is 0 Å². The second-order valence-electron chi connectivity index (χ2n) is 18.1. The fourth-order valence-electron chi connectivity index (χ4n) is 4.21. The molecule has 0 saturated carbocycles. The molecule has 0 spiro atoms. The van der Waals surface area contributed by atoms with Crippen molar-refractivity contribution in [1.29, 1.82) is 0 Å². The Hall–Kier alpha value is -4.79. The number of hydrogen-bond donors (Lipinski definition) is 4. The number of nitrogens with one attached hydrogen (secondary N) is 4. The van der Waals surface area contributed by atoms with Gasteiger partial charge >= 0.3 is 0 Å². The molecule has 8 aromatic rings. The van der Waals surface area contributed by atoms with Gasteiger partial charge in [-0.2, -0.15) is 20.8 Å². The molecule has 4 aromatic carbocycles. The first-order valence-corrected chi connectivity index (χ1v) is 32.6. The third-order valence-electron chi connectivity index (χ3n) is 9.98. The Morgan fingerprint density at radius 3 is 0.911 bits per heavy atom. The van der Waals surface area contributed by atoms with Crippen LogP contribution in [0.3, 0.4) is 0 Å². The monoisotopic (exact) mass is 1330 g/mol. The molecular weight excluding hydrogens is 1170 g/mol. The van der Waals surface area contributed by atoms with Crippen molar-refractivity contribution in [2.75, 3.05) is 14.1 Å². The number of rotatable bonds is 7. The Bertz CT molecular complexity index is 1850. The molecule has 8 rings (SSSR count). The van der Waals surface area contributed by atoms with Gasteiger partial charge in [-0.25, -0.2) is 0 Å². The fourth-order valence-corrected chi connectivity index (χ4v) is 4.21. The summed E-state index contributed by atoms with van der Waals surface area (Å²) in [5.41, 5.74) is 3.91. The number of nitrogens with zero attached hydrogens (tertiary/aromatic N) is 3. The maximum absolute atomic E-state index is 3.78. The van der Waals surface area contributed by atoms with Gasteiger partial charge in [0, 0.05) is 111 Å². The van der Waals surface area contributed by atoms with E-state index in [0.717, 1.165) is 23.7 Å². The minimum atomic E-state index is 0. The number of hydrogen-bond acceptors (Lipinski definition) is 5. The number of pyridine rings is 1. The number of fused-ring (bicyclic) bond motifs is 2. The van der Waals surface area contributed by atoms with E-state index in [4.69, 9.17) is 0 Å². The van der Waals surface area contributed by atoms with Crippen molar-refractivity contribution in [3.8, 4) is 0 Å². The first kappa shape index (κ1) is 123. The summed E-state index contributed by atoms with van der Waals surface area (Å²) in [4.78, 5) is 17.7. The summed E-state index contributed by atoms with van der Waals surface area (Å²) in [6, 6.07) is 49.8. The quantitative estimate of drug-likeness (QED) is 0.119. The van der Waals surface area contributed by atoms with E-state index in [2.05, 4.69) is 181 Å². The van der Waals surface area contributed by atoms with Crippen molar-refractivity contribution >= 4 is 21.8 Å². The third kappa shape index (κ3) is 108. The van der Waals surface area contributed by atoms with Crippen LogP contribution < -0.4 is 10.6 Å². The molecule has 0 aliphatic carbocycles. The van der Waals surface area contributed by atoms with E-state index in [1.165, 1.54) is 46.6 Å². The molecule has 8 heteroatoms. The number of H-pyrrole nitrogens is 2. The normalized spacial score (nSPS) is 8.22. The van der Waals surface area contributed by atoms with Crippen molar-refractivity contribution in [2.24, 2.45) is 23.7 Å². The molecule has 0 aliphatic rings. The standard InChI is InChI=1S/C14H19N.C8H7N.2C6H6.C5H5N.2C5H12.C4H4N2.2C4H11N.C3H7.6C2H6.C2H5.4CH4.Y/c1-10(2)11(3)8-12-9-15-14-7-5-4-6-13(12)14;1-2-4-8-7(3-1)5-6-9-8;3*1-2-4-6-5-3-1;2*1-4-5(2)3;1-2-6-4-3-5-1;2*1-4(2)5-3;1-3-2;7*1-2;;;;;/h4-7,9-11,15H,8H2,1-3H3;1-6,9H;2*1-6H;1-5H;2*5H,4H2,1-3H3;1-4H;2*4-5H,1-3H3;3H,1-2H3;6*1-2H3;1H2,2H3;4*1H4;/q;;;;;;;;;;-1;;;;;;;-1;;;;;. The molecule has 1 atom stereocenters. The smallest absolute Gasteiger partial charge is 0.0456 e. The van der Waals surface area contributed by atoms with Crippen LogP contribution in [0.15, 0.2) is 195 Å². The van der Waals surface area contributed by atoms with Gasteiger partial charge in [0.1, 0.15) is 0 Å². The van der Waals surface area contributed by atoms with Gasteiger partial charge in [-0.05, 0) is 85.5 Å². The van der Waals surface area contributed by atoms with Crippen molar-refractivity contribution in [1.82, 2.24) is 35.6 Å². The molecule has 0 fully saturated rings. The van der Waals surface area contributed by atoms with Gasteiger partial charge in [0.05, 0.1) is 0 Å². The molecule has 1 unspecified atom stereocenters. The molecule has 4 heterocycles. The summed E-state index contributed by atoms with van der Waals surface area (Å²) in [6.07, 6.45) is 19.9. The van der Waals surface area contributed by atoms with Crippen molar-refractivity contribution in [3.63, 3.8) is 0 Å². The predicted molar refractivity (Wildman–Crippen MR) is 424 cm³/mol. The third-order valence-corrected chi connectivity index (χ3v) is 9.98. The van der Waals surface area contributed by atoms with Gasteiger partial charge in [0.15, 0.2) is 0 Å². The molecule has 0 bridgehead atoms. The molecule has 525 valence electrons. The van der Waals surface area contributed by atoms with Crippen LogP contribution in [0.4, 0.5) is 0 Å². The second kappa shape index (κ2) is 115. The first-order chi connectivity index (χ1) is 41.1. The average molecular weight is 1330 g/mol. The Kier molecular flexibility index (Phi) is 157. The van der Waals surface area contributed by atoms with E-state index in [1.807, 2.05) is 227 Å². The predicted octanol–water partition coefficient (Wildman–Crippen LogP) is 27.2. The molecule has 90 heavy (non-hydrogen) atoms. The first-order valence-electron chi connectivity index (χ1n) is 32.6. The van der Waals surface area contributed by atoms with Crippen molar-refractivity contribution in [3.05, 3.63) is 214 Å². The number of aromatic nitrogens is 5. The Labute approximate surface area is 592 Å². The molecule has 0 aliphatic heterocycles. The summed E-state index contributed by atoms with van der Waals surface area (Å²) in [5.74, 6) is 3.26. The number of para-hydroxylation sites is 2. The Morgan fingerprint density at radius 2 is 0.678 bits per heavy atom. The topological polar surface area (TPSA) is 94.3 Å². The minimum Gasteiger partial charge on any atom is -0.361 e. The summed E-state index contributed by atoms with van der Waals surface area (Å²) in [5, 5.41) is 8.71. The average Bonchev–Trinajstić information content (AvgIpc) is 2.46. The van der Waals surface area contributed by atoms with E-state index < -0.39 is 0 Å². The van der Waals surface area contributed by atoms with Gasteiger partial charge in [0.25, 0.3) is 0 Å². The van der Waals surface area contributed by atoms with E-state index in [9.17, 15) is 0 Å². The zero-order valence-electron chi connectivity index (χ0n) is 61.8. The van der Waals surface area contributed by atoms with E-state index in [1.54, 1.807) is 44.1 Å². The molecule has 4 N–H and O–H groups in total. The maximum atomic E-state index is 3.78. The molecule has 4 aromatic heterocycles. The van der Waals surface area contributed by atoms with Crippen LogP contribution in [0.1, 0.15) is 242 Å². The Morgan fingerprint density at radius 1 is 0.411 bits per heavy atom. The minimum absolute atomic E-state index is 0. The van der Waals surface area contributed by atoms with Crippen molar-refractivity contribution < 1.29 is 32.7 Å². The SMILES string of the molecule is C.C.C.C.CC.CC.CC.CC.CC.CC.CC(C)C(C)Cc1c[nH]c2ccccc12.CCC(C)C.CCC(C)C.CNC(C)C.CNC(C)C.C[CH-]C.[CH2-]C.[Y].c1ccc2[nH]ccc2c1.c1ccccc1.c1ccccc1.c1ccncc1.c1cnccn1. The summed E-state index contributed by atoms with van der Waals surface area (Å²) >= 11 is 0.